The van der Waals surface area contributed by atoms with E-state index >= 15 is 0 Å². The van der Waals surface area contributed by atoms with Crippen molar-refractivity contribution in [3.63, 3.8) is 0 Å². The summed E-state index contributed by atoms with van der Waals surface area (Å²) < 4.78 is 1.73. The summed E-state index contributed by atoms with van der Waals surface area (Å²) in [5, 5.41) is 7.67. The second-order valence-electron chi connectivity index (χ2n) is 5.99. The normalized spacial score (nSPS) is 10.8. The number of nitrogens with zero attached hydrogens (tertiary/aromatic N) is 4. The smallest absolute Gasteiger partial charge is 0.165 e. The molecule has 130 valence electrons. The summed E-state index contributed by atoms with van der Waals surface area (Å²) >= 11 is 0. The van der Waals surface area contributed by atoms with Gasteiger partial charge in [-0.15, -0.1) is 0 Å². The molecule has 0 radical (unpaired) electrons. The first-order valence-electron chi connectivity index (χ1n) is 8.29. The lowest BCUT2D eigenvalue weighted by atomic mass is 10.0. The van der Waals surface area contributed by atoms with Gasteiger partial charge in [-0.3, -0.25) is 9.78 Å². The number of nitrogens with one attached hydrogen (secondary N) is 1. The molecule has 1 N–H and O–H groups in total. The number of Topliss-reactive ketones (excluding diaryl/α,β-unsaturated/α-hetero) is 1. The van der Waals surface area contributed by atoms with Crippen LogP contribution in [0.5, 0.6) is 0 Å². The number of hydrogen-bond acceptors (Lipinski definition) is 5. The molecule has 0 bridgehead atoms. The molecular formula is C20H19N5O. The Hall–Kier alpha value is -3.54. The summed E-state index contributed by atoms with van der Waals surface area (Å²) in [7, 11) is 0. The Morgan fingerprint density at radius 3 is 2.92 bits per heavy atom. The standard InChI is InChI=1S/C20H17N5O.H2/c1-14(26)16-5-2-6-17(10-16)18-13-23-25-9-7-19(24-20(18)25)22-12-15-4-3-8-21-11-15;/h2-11,13H,12H2,1H3,(H,22,24);1H. The largest absolute Gasteiger partial charge is 0.366 e. The summed E-state index contributed by atoms with van der Waals surface area (Å²) in [5.41, 5.74) is 4.30. The molecular weight excluding hydrogens is 326 g/mol. The predicted octanol–water partition coefficient (Wildman–Crippen LogP) is 3.85. The maximum absolute atomic E-state index is 11.7. The highest BCUT2D eigenvalue weighted by Gasteiger charge is 2.10. The van der Waals surface area contributed by atoms with Crippen LogP contribution in [0.25, 0.3) is 16.8 Å². The van der Waals surface area contributed by atoms with Gasteiger partial charge in [0.05, 0.1) is 6.20 Å². The first-order valence-corrected chi connectivity index (χ1v) is 8.29. The SMILES string of the molecule is CC(=O)c1cccc(-c2cnn3ccc(NCc4cccnc4)nc23)c1.[HH]. The minimum absolute atomic E-state index is 0. The number of benzene rings is 1. The van der Waals surface area contributed by atoms with E-state index in [1.165, 1.54) is 0 Å². The monoisotopic (exact) mass is 345 g/mol. The quantitative estimate of drug-likeness (QED) is 0.556. The van der Waals surface area contributed by atoms with E-state index in [1.807, 2.05) is 54.9 Å². The lowest BCUT2D eigenvalue weighted by molar-refractivity contribution is 0.101. The number of hydrogen-bond donors (Lipinski definition) is 1. The topological polar surface area (TPSA) is 72.2 Å². The minimum Gasteiger partial charge on any atom is -0.366 e. The Balaban J connectivity index is 0.00000210. The van der Waals surface area contributed by atoms with E-state index in [9.17, 15) is 4.79 Å². The fourth-order valence-electron chi connectivity index (χ4n) is 2.77. The van der Waals surface area contributed by atoms with Crippen LogP contribution in [0.3, 0.4) is 0 Å². The molecule has 0 fully saturated rings. The van der Waals surface area contributed by atoms with Gasteiger partial charge in [0, 0.05) is 37.7 Å². The molecule has 26 heavy (non-hydrogen) atoms. The molecule has 0 aliphatic carbocycles. The molecule has 3 aromatic heterocycles. The second-order valence-corrected chi connectivity index (χ2v) is 5.99. The van der Waals surface area contributed by atoms with Crippen molar-refractivity contribution in [3.05, 3.63) is 78.4 Å². The Labute approximate surface area is 152 Å². The van der Waals surface area contributed by atoms with E-state index in [-0.39, 0.29) is 7.21 Å². The Kier molecular flexibility index (Phi) is 4.15. The van der Waals surface area contributed by atoms with E-state index in [1.54, 1.807) is 23.8 Å². The van der Waals surface area contributed by atoms with E-state index < -0.39 is 0 Å². The molecule has 0 aliphatic heterocycles. The lowest BCUT2D eigenvalue weighted by Crippen LogP contribution is -2.03. The third kappa shape index (κ3) is 3.17. The summed E-state index contributed by atoms with van der Waals surface area (Å²) in [6, 6.07) is 13.3. The molecule has 0 saturated heterocycles. The molecule has 6 heteroatoms. The molecule has 3 heterocycles. The number of ketones is 1. The van der Waals surface area contributed by atoms with Crippen LogP contribution in [0.2, 0.25) is 0 Å². The van der Waals surface area contributed by atoms with Crippen molar-refractivity contribution in [2.45, 2.75) is 13.5 Å². The number of rotatable bonds is 5. The zero-order valence-electron chi connectivity index (χ0n) is 14.3. The van der Waals surface area contributed by atoms with Gasteiger partial charge in [-0.25, -0.2) is 9.50 Å². The van der Waals surface area contributed by atoms with Crippen molar-refractivity contribution in [2.24, 2.45) is 0 Å². The lowest BCUT2D eigenvalue weighted by Gasteiger charge is -2.07. The zero-order valence-corrected chi connectivity index (χ0v) is 14.3. The predicted molar refractivity (Wildman–Crippen MR) is 102 cm³/mol. The van der Waals surface area contributed by atoms with Crippen molar-refractivity contribution in [2.75, 3.05) is 5.32 Å². The van der Waals surface area contributed by atoms with Gasteiger partial charge in [0.15, 0.2) is 11.4 Å². The molecule has 0 unspecified atom stereocenters. The highest BCUT2D eigenvalue weighted by Crippen LogP contribution is 2.25. The minimum atomic E-state index is 0. The van der Waals surface area contributed by atoms with Crippen molar-refractivity contribution in [1.29, 1.82) is 0 Å². The van der Waals surface area contributed by atoms with Crippen LogP contribution in [0.15, 0.2) is 67.3 Å². The third-order valence-corrected chi connectivity index (χ3v) is 4.15. The van der Waals surface area contributed by atoms with Crippen LogP contribution in [-0.2, 0) is 6.54 Å². The molecule has 0 amide bonds. The summed E-state index contributed by atoms with van der Waals surface area (Å²) in [6.07, 6.45) is 7.21. The first-order chi connectivity index (χ1) is 12.7. The second kappa shape index (κ2) is 6.76. The van der Waals surface area contributed by atoms with E-state index in [0.717, 1.165) is 28.2 Å². The van der Waals surface area contributed by atoms with E-state index in [0.29, 0.717) is 12.1 Å². The average Bonchev–Trinajstić information content (AvgIpc) is 3.10. The highest BCUT2D eigenvalue weighted by atomic mass is 16.1. The van der Waals surface area contributed by atoms with Gasteiger partial charge in [0.25, 0.3) is 0 Å². The number of carbonyl (C=O) groups is 1. The first kappa shape index (κ1) is 16.0. The number of anilines is 1. The van der Waals surface area contributed by atoms with Gasteiger partial charge in [0.1, 0.15) is 5.82 Å². The van der Waals surface area contributed by atoms with Gasteiger partial charge >= 0.3 is 0 Å². The summed E-state index contributed by atoms with van der Waals surface area (Å²) in [6.45, 7) is 2.20. The molecule has 0 aliphatic rings. The highest BCUT2D eigenvalue weighted by molar-refractivity contribution is 5.95. The van der Waals surface area contributed by atoms with Gasteiger partial charge < -0.3 is 5.32 Å². The van der Waals surface area contributed by atoms with Crippen LogP contribution in [-0.4, -0.2) is 25.4 Å². The molecule has 6 nitrogen and oxygen atoms in total. The molecule has 0 spiro atoms. The van der Waals surface area contributed by atoms with Crippen molar-refractivity contribution < 1.29 is 6.22 Å². The fourth-order valence-corrected chi connectivity index (χ4v) is 2.77. The summed E-state index contributed by atoms with van der Waals surface area (Å²) in [5.74, 6) is 0.793. The van der Waals surface area contributed by atoms with E-state index in [2.05, 4.69) is 20.4 Å². The Morgan fingerprint density at radius 1 is 1.19 bits per heavy atom. The van der Waals surface area contributed by atoms with Crippen LogP contribution in [0.4, 0.5) is 5.82 Å². The maximum Gasteiger partial charge on any atom is 0.165 e. The molecule has 1 aromatic carbocycles. The molecule has 0 saturated carbocycles. The van der Waals surface area contributed by atoms with Crippen molar-refractivity contribution in [3.8, 4) is 11.1 Å². The number of carbonyl (C=O) groups excluding carboxylic acids is 1. The van der Waals surface area contributed by atoms with Crippen molar-refractivity contribution in [1.82, 2.24) is 19.6 Å². The molecule has 0 atom stereocenters. The number of fused-ring (bicyclic) bond motifs is 1. The van der Waals surface area contributed by atoms with Crippen LogP contribution >= 0.6 is 0 Å². The van der Waals surface area contributed by atoms with Crippen LogP contribution < -0.4 is 5.32 Å². The molecule has 4 rings (SSSR count). The van der Waals surface area contributed by atoms with Crippen molar-refractivity contribution >= 4 is 17.2 Å². The van der Waals surface area contributed by atoms with Gasteiger partial charge in [-0.1, -0.05) is 24.3 Å². The van der Waals surface area contributed by atoms with Gasteiger partial charge in [0.2, 0.25) is 0 Å². The van der Waals surface area contributed by atoms with E-state index in [4.69, 9.17) is 0 Å². The average molecular weight is 345 g/mol. The van der Waals surface area contributed by atoms with Crippen LogP contribution in [0, 0.1) is 0 Å². The Morgan fingerprint density at radius 2 is 2.12 bits per heavy atom. The summed E-state index contributed by atoms with van der Waals surface area (Å²) in [4.78, 5) is 20.5. The zero-order chi connectivity index (χ0) is 17.9. The van der Waals surface area contributed by atoms with Gasteiger partial charge in [-0.2, -0.15) is 5.10 Å². The Bertz CT molecular complexity index is 1080. The fraction of sp³-hybridized carbons (Fsp3) is 0.100. The van der Waals surface area contributed by atoms with Crippen LogP contribution in [0.1, 0.15) is 24.3 Å². The maximum atomic E-state index is 11.7. The number of pyridine rings is 1. The third-order valence-electron chi connectivity index (χ3n) is 4.15. The number of aromatic nitrogens is 4. The molecule has 4 aromatic rings. The van der Waals surface area contributed by atoms with Gasteiger partial charge in [-0.05, 0) is 36.2 Å².